The summed E-state index contributed by atoms with van der Waals surface area (Å²) in [6.45, 7) is 5.69. The lowest BCUT2D eigenvalue weighted by atomic mass is 10.0. The van der Waals surface area contributed by atoms with Gasteiger partial charge in [-0.3, -0.25) is 4.90 Å². The molecule has 1 saturated heterocycles. The van der Waals surface area contributed by atoms with E-state index in [2.05, 4.69) is 17.1 Å². The second kappa shape index (κ2) is 8.47. The van der Waals surface area contributed by atoms with Gasteiger partial charge in [0, 0.05) is 37.8 Å². The summed E-state index contributed by atoms with van der Waals surface area (Å²) in [5.74, 6) is -0.105. The van der Waals surface area contributed by atoms with Gasteiger partial charge in [0.2, 0.25) is 0 Å². The molecule has 0 radical (unpaired) electrons. The molecule has 118 valence electrons. The van der Waals surface area contributed by atoms with Gasteiger partial charge in [0.1, 0.15) is 5.82 Å². The van der Waals surface area contributed by atoms with Gasteiger partial charge < -0.3 is 10.1 Å². The fraction of sp³-hybridized carbons (Fsp3) is 0.647. The van der Waals surface area contributed by atoms with Crippen LogP contribution in [0.25, 0.3) is 0 Å². The number of nitrogens with one attached hydrogen (secondary N) is 1. The average molecular weight is 294 g/mol. The second-order valence-corrected chi connectivity index (χ2v) is 5.73. The van der Waals surface area contributed by atoms with Crippen LogP contribution in [0.5, 0.6) is 0 Å². The van der Waals surface area contributed by atoms with Crippen molar-refractivity contribution in [3.63, 3.8) is 0 Å². The van der Waals surface area contributed by atoms with E-state index in [9.17, 15) is 4.39 Å². The van der Waals surface area contributed by atoms with Crippen LogP contribution in [0.4, 0.5) is 4.39 Å². The van der Waals surface area contributed by atoms with Crippen LogP contribution in [-0.2, 0) is 4.74 Å². The molecular weight excluding hydrogens is 267 g/mol. The molecule has 3 nitrogen and oxygen atoms in total. The van der Waals surface area contributed by atoms with Gasteiger partial charge in [0.15, 0.2) is 0 Å². The van der Waals surface area contributed by atoms with Crippen LogP contribution >= 0.6 is 0 Å². The summed E-state index contributed by atoms with van der Waals surface area (Å²) in [5, 5.41) is 3.53. The third kappa shape index (κ3) is 4.50. The van der Waals surface area contributed by atoms with Gasteiger partial charge in [-0.15, -0.1) is 0 Å². The first-order valence-electron chi connectivity index (χ1n) is 7.97. The number of hydrogen-bond acceptors (Lipinski definition) is 3. The minimum atomic E-state index is -0.105. The molecule has 1 N–H and O–H groups in total. The molecule has 0 amide bonds. The van der Waals surface area contributed by atoms with Crippen molar-refractivity contribution in [3.05, 3.63) is 35.6 Å². The van der Waals surface area contributed by atoms with Crippen molar-refractivity contribution in [1.82, 2.24) is 10.2 Å². The summed E-state index contributed by atoms with van der Waals surface area (Å²) in [4.78, 5) is 2.37. The molecule has 2 atom stereocenters. The molecular formula is C17H27FN2O. The Labute approximate surface area is 127 Å². The molecule has 21 heavy (non-hydrogen) atoms. The lowest BCUT2D eigenvalue weighted by Gasteiger charge is -2.33. The topological polar surface area (TPSA) is 24.5 Å². The highest BCUT2D eigenvalue weighted by molar-refractivity contribution is 5.21. The number of rotatable bonds is 8. The van der Waals surface area contributed by atoms with Crippen molar-refractivity contribution in [3.8, 4) is 0 Å². The Kier molecular flexibility index (Phi) is 6.61. The summed E-state index contributed by atoms with van der Waals surface area (Å²) < 4.78 is 19.4. The van der Waals surface area contributed by atoms with Crippen molar-refractivity contribution < 1.29 is 9.13 Å². The van der Waals surface area contributed by atoms with Gasteiger partial charge in [-0.1, -0.05) is 25.1 Å². The fourth-order valence-corrected chi connectivity index (χ4v) is 3.20. The smallest absolute Gasteiger partial charge is 0.127 e. The molecule has 2 rings (SSSR count). The van der Waals surface area contributed by atoms with E-state index in [0.717, 1.165) is 31.6 Å². The number of benzene rings is 1. The van der Waals surface area contributed by atoms with Crippen LogP contribution in [0.15, 0.2) is 24.3 Å². The molecule has 0 saturated carbocycles. The summed E-state index contributed by atoms with van der Waals surface area (Å²) in [7, 11) is 1.72. The first-order valence-corrected chi connectivity index (χ1v) is 7.97. The number of methoxy groups -OCH3 is 1. The van der Waals surface area contributed by atoms with Gasteiger partial charge in [-0.05, 0) is 31.9 Å². The fourth-order valence-electron chi connectivity index (χ4n) is 3.20. The largest absolute Gasteiger partial charge is 0.383 e. The van der Waals surface area contributed by atoms with Crippen molar-refractivity contribution in [2.75, 3.05) is 33.4 Å². The van der Waals surface area contributed by atoms with Gasteiger partial charge in [0.05, 0.1) is 6.61 Å². The number of nitrogens with zero attached hydrogens (tertiary/aromatic N) is 1. The van der Waals surface area contributed by atoms with E-state index in [-0.39, 0.29) is 11.9 Å². The first kappa shape index (κ1) is 16.4. The molecule has 4 heteroatoms. The highest BCUT2D eigenvalue weighted by Gasteiger charge is 2.25. The highest BCUT2D eigenvalue weighted by Crippen LogP contribution is 2.27. The lowest BCUT2D eigenvalue weighted by Crippen LogP contribution is -2.41. The molecule has 0 aliphatic carbocycles. The summed E-state index contributed by atoms with van der Waals surface area (Å²) in [6, 6.07) is 7.77. The van der Waals surface area contributed by atoms with E-state index in [1.54, 1.807) is 19.2 Å². The molecule has 1 aromatic carbocycles. The van der Waals surface area contributed by atoms with Crippen molar-refractivity contribution in [2.24, 2.45) is 0 Å². The zero-order valence-electron chi connectivity index (χ0n) is 13.1. The normalized spacial score (nSPS) is 20.1. The molecule has 0 spiro atoms. The van der Waals surface area contributed by atoms with Gasteiger partial charge in [0.25, 0.3) is 0 Å². The Morgan fingerprint density at radius 2 is 2.24 bits per heavy atom. The minimum Gasteiger partial charge on any atom is -0.383 e. The third-order valence-electron chi connectivity index (χ3n) is 4.29. The van der Waals surface area contributed by atoms with E-state index in [1.807, 2.05) is 12.1 Å². The molecule has 0 bridgehead atoms. The monoisotopic (exact) mass is 294 g/mol. The highest BCUT2D eigenvalue weighted by atomic mass is 19.1. The van der Waals surface area contributed by atoms with Crippen LogP contribution in [0.3, 0.4) is 0 Å². The summed E-state index contributed by atoms with van der Waals surface area (Å²) >= 11 is 0. The molecule has 1 aliphatic heterocycles. The average Bonchev–Trinajstić information content (AvgIpc) is 3.00. The predicted octanol–water partition coefficient (Wildman–Crippen LogP) is 2.98. The Balaban J connectivity index is 2.13. The molecule has 1 aromatic rings. The maximum absolute atomic E-state index is 14.1. The van der Waals surface area contributed by atoms with Crippen molar-refractivity contribution in [2.45, 2.75) is 38.3 Å². The van der Waals surface area contributed by atoms with Crippen LogP contribution in [0, 0.1) is 5.82 Å². The third-order valence-corrected chi connectivity index (χ3v) is 4.29. The zero-order valence-corrected chi connectivity index (χ0v) is 13.1. The minimum absolute atomic E-state index is 0.105. The number of hydrogen-bond donors (Lipinski definition) is 1. The molecule has 1 heterocycles. The van der Waals surface area contributed by atoms with E-state index in [0.29, 0.717) is 12.6 Å². The first-order chi connectivity index (χ1) is 10.3. The molecule has 1 fully saturated rings. The summed E-state index contributed by atoms with van der Waals surface area (Å²) in [6.07, 6.45) is 3.34. The van der Waals surface area contributed by atoms with E-state index >= 15 is 0 Å². The molecule has 0 aromatic heterocycles. The van der Waals surface area contributed by atoms with Crippen LogP contribution < -0.4 is 5.32 Å². The van der Waals surface area contributed by atoms with E-state index in [1.165, 1.54) is 12.8 Å². The van der Waals surface area contributed by atoms with Gasteiger partial charge >= 0.3 is 0 Å². The van der Waals surface area contributed by atoms with E-state index in [4.69, 9.17) is 4.74 Å². The molecule has 2 unspecified atom stereocenters. The Morgan fingerprint density at radius 3 is 2.86 bits per heavy atom. The standard InChI is InChI=1S/C17H27FN2O/c1-3-17(15-8-4-5-9-16(15)18)20(11-12-21-2)13-14-7-6-10-19-14/h4-5,8-9,14,17,19H,3,6-7,10-13H2,1-2H3. The van der Waals surface area contributed by atoms with Crippen LogP contribution in [0.2, 0.25) is 0 Å². The van der Waals surface area contributed by atoms with Gasteiger partial charge in [-0.2, -0.15) is 0 Å². The number of ether oxygens (including phenoxy) is 1. The Bertz CT molecular complexity index is 421. The predicted molar refractivity (Wildman–Crippen MR) is 83.9 cm³/mol. The van der Waals surface area contributed by atoms with Crippen LogP contribution in [0.1, 0.15) is 37.8 Å². The maximum Gasteiger partial charge on any atom is 0.127 e. The molecule has 1 aliphatic rings. The second-order valence-electron chi connectivity index (χ2n) is 5.73. The summed E-state index contributed by atoms with van der Waals surface area (Å²) in [5.41, 5.74) is 0.800. The van der Waals surface area contributed by atoms with Gasteiger partial charge in [-0.25, -0.2) is 4.39 Å². The maximum atomic E-state index is 14.1. The SMILES string of the molecule is CCC(c1ccccc1F)N(CCOC)CC1CCCN1. The number of halogens is 1. The van der Waals surface area contributed by atoms with E-state index < -0.39 is 0 Å². The lowest BCUT2D eigenvalue weighted by molar-refractivity contribution is 0.109. The Hall–Kier alpha value is -0.970. The van der Waals surface area contributed by atoms with Crippen LogP contribution in [-0.4, -0.2) is 44.3 Å². The van der Waals surface area contributed by atoms with Crippen molar-refractivity contribution in [1.29, 1.82) is 0 Å². The zero-order chi connectivity index (χ0) is 15.1. The Morgan fingerprint density at radius 1 is 1.43 bits per heavy atom. The quantitative estimate of drug-likeness (QED) is 0.798. The van der Waals surface area contributed by atoms with Crippen molar-refractivity contribution >= 4 is 0 Å².